The number of carbonyl (C=O) groups excluding carboxylic acids is 1. The van der Waals surface area contributed by atoms with Crippen LogP contribution in [0.5, 0.6) is 5.75 Å². The number of nitrogens with one attached hydrogen (secondary N) is 1. The van der Waals surface area contributed by atoms with E-state index >= 15 is 0 Å². The van der Waals surface area contributed by atoms with Gasteiger partial charge in [0.05, 0.1) is 17.5 Å². The molecule has 0 saturated carbocycles. The summed E-state index contributed by atoms with van der Waals surface area (Å²) in [5.41, 5.74) is 4.19. The Kier molecular flexibility index (Phi) is 5.30. The Balaban J connectivity index is 1.58. The molecule has 0 aliphatic heterocycles. The fourth-order valence-corrected chi connectivity index (χ4v) is 2.41. The van der Waals surface area contributed by atoms with Crippen LogP contribution in [0.15, 0.2) is 41.6 Å². The molecule has 9 heteroatoms. The van der Waals surface area contributed by atoms with Gasteiger partial charge in [-0.1, -0.05) is 18.2 Å². The van der Waals surface area contributed by atoms with Gasteiger partial charge in [-0.05, 0) is 31.5 Å². The highest BCUT2D eigenvalue weighted by Crippen LogP contribution is 2.16. The molecular formula is C18H19FN6O2. The highest BCUT2D eigenvalue weighted by Gasteiger charge is 2.12. The molecule has 0 bridgehead atoms. The summed E-state index contributed by atoms with van der Waals surface area (Å²) in [5.74, 6) is -0.288. The first kappa shape index (κ1) is 18.3. The van der Waals surface area contributed by atoms with Gasteiger partial charge in [0.1, 0.15) is 5.75 Å². The van der Waals surface area contributed by atoms with Crippen molar-refractivity contribution in [1.82, 2.24) is 25.0 Å². The van der Waals surface area contributed by atoms with Gasteiger partial charge in [0.2, 0.25) is 5.95 Å². The van der Waals surface area contributed by atoms with Gasteiger partial charge in [0.25, 0.3) is 5.91 Å². The zero-order valence-electron chi connectivity index (χ0n) is 15.2. The largest absolute Gasteiger partial charge is 0.471 e. The topological polar surface area (TPSA) is 86.3 Å². The predicted molar refractivity (Wildman–Crippen MR) is 97.0 cm³/mol. The highest BCUT2D eigenvalue weighted by atomic mass is 19.1. The number of hydrazone groups is 1. The van der Waals surface area contributed by atoms with Gasteiger partial charge in [-0.15, -0.1) is 0 Å². The zero-order chi connectivity index (χ0) is 19.4. The average molecular weight is 370 g/mol. The van der Waals surface area contributed by atoms with E-state index in [2.05, 4.69) is 20.7 Å². The number of carbonyl (C=O) groups is 1. The number of ether oxygens (including phenoxy) is 1. The summed E-state index contributed by atoms with van der Waals surface area (Å²) in [5, 5.41) is 11.8. The minimum atomic E-state index is -0.525. The molecule has 27 heavy (non-hydrogen) atoms. The van der Waals surface area contributed by atoms with Crippen LogP contribution >= 0.6 is 0 Å². The molecule has 1 aromatic carbocycles. The third kappa shape index (κ3) is 4.20. The molecule has 0 atom stereocenters. The zero-order valence-corrected chi connectivity index (χ0v) is 15.2. The van der Waals surface area contributed by atoms with E-state index in [4.69, 9.17) is 4.74 Å². The Morgan fingerprint density at radius 2 is 2.07 bits per heavy atom. The van der Waals surface area contributed by atoms with E-state index in [1.54, 1.807) is 19.2 Å². The number of hydrogen-bond donors (Lipinski definition) is 1. The van der Waals surface area contributed by atoms with E-state index in [-0.39, 0.29) is 18.0 Å². The molecule has 1 N–H and O–H groups in total. The van der Waals surface area contributed by atoms with Crippen molar-refractivity contribution in [2.24, 2.45) is 12.1 Å². The molecule has 0 radical (unpaired) electrons. The van der Waals surface area contributed by atoms with Crippen molar-refractivity contribution in [3.05, 3.63) is 65.0 Å². The lowest BCUT2D eigenvalue weighted by Gasteiger charge is -2.08. The van der Waals surface area contributed by atoms with Crippen molar-refractivity contribution in [1.29, 1.82) is 0 Å². The number of nitrogens with zero attached hydrogens (tertiary/aromatic N) is 5. The second-order valence-electron chi connectivity index (χ2n) is 5.89. The molecule has 0 fully saturated rings. The lowest BCUT2D eigenvalue weighted by atomic mass is 10.2. The van der Waals surface area contributed by atoms with Crippen LogP contribution in [0.2, 0.25) is 0 Å². The maximum atomic E-state index is 13.8. The van der Waals surface area contributed by atoms with Gasteiger partial charge < -0.3 is 4.74 Å². The summed E-state index contributed by atoms with van der Waals surface area (Å²) in [6.45, 7) is 3.77. The smallest absolute Gasteiger partial charge is 0.291 e. The van der Waals surface area contributed by atoms with E-state index in [1.807, 2.05) is 31.2 Å². The number of rotatable bonds is 6. The van der Waals surface area contributed by atoms with E-state index in [0.717, 1.165) is 16.0 Å². The molecule has 3 rings (SSSR count). The molecule has 0 saturated heterocycles. The number of benzene rings is 1. The minimum absolute atomic E-state index is 0.168. The summed E-state index contributed by atoms with van der Waals surface area (Å²) in [6.07, 6.45) is 2.84. The summed E-state index contributed by atoms with van der Waals surface area (Å²) < 4.78 is 22.1. The predicted octanol–water partition coefficient (Wildman–Crippen LogP) is 2.17. The van der Waals surface area contributed by atoms with Crippen LogP contribution in [0, 0.1) is 19.8 Å². The number of hydrogen-bond acceptors (Lipinski definition) is 5. The fraction of sp³-hybridized carbons (Fsp3) is 0.222. The molecule has 0 unspecified atom stereocenters. The normalized spacial score (nSPS) is 11.1. The van der Waals surface area contributed by atoms with Crippen LogP contribution < -0.4 is 10.2 Å². The molecule has 8 nitrogen and oxygen atoms in total. The molecule has 2 heterocycles. The second kappa shape index (κ2) is 7.81. The average Bonchev–Trinajstić information content (AvgIpc) is 3.21. The molecule has 1 amide bonds. The number of amides is 1. The van der Waals surface area contributed by atoms with E-state index in [0.29, 0.717) is 5.69 Å². The maximum Gasteiger partial charge on any atom is 0.291 e. The Bertz CT molecular complexity index is 992. The fourth-order valence-electron chi connectivity index (χ4n) is 2.41. The summed E-state index contributed by atoms with van der Waals surface area (Å²) in [4.78, 5) is 12.1. The summed E-state index contributed by atoms with van der Waals surface area (Å²) >= 11 is 0. The lowest BCUT2D eigenvalue weighted by molar-refractivity contribution is 0.0948. The third-order valence-corrected chi connectivity index (χ3v) is 3.88. The molecule has 0 aliphatic carbocycles. The van der Waals surface area contributed by atoms with Crippen molar-refractivity contribution in [2.45, 2.75) is 20.6 Å². The Labute approximate surface area is 155 Å². The number of halogens is 1. The van der Waals surface area contributed by atoms with Crippen LogP contribution in [0.25, 0.3) is 0 Å². The van der Waals surface area contributed by atoms with E-state index in [9.17, 15) is 9.18 Å². The van der Waals surface area contributed by atoms with Gasteiger partial charge in [-0.25, -0.2) is 14.8 Å². The third-order valence-electron chi connectivity index (χ3n) is 3.88. The number of aromatic nitrogens is 4. The van der Waals surface area contributed by atoms with Gasteiger partial charge in [-0.2, -0.15) is 19.7 Å². The highest BCUT2D eigenvalue weighted by molar-refractivity contribution is 5.93. The first-order valence-corrected chi connectivity index (χ1v) is 8.20. The quantitative estimate of drug-likeness (QED) is 0.532. The Morgan fingerprint density at radius 1 is 1.30 bits per heavy atom. The molecule has 2 aromatic heterocycles. The first-order valence-electron chi connectivity index (χ1n) is 8.20. The van der Waals surface area contributed by atoms with Gasteiger partial charge in [-0.3, -0.25) is 4.79 Å². The maximum absolute atomic E-state index is 13.8. The molecule has 0 spiro atoms. The van der Waals surface area contributed by atoms with Crippen molar-refractivity contribution < 1.29 is 13.9 Å². The standard InChI is InChI=1S/C18H19FN6O2/c1-12-6-4-5-7-16(12)27-11-25-9-8-15(23-25)18(26)21-20-10-14-13(2)22-24(3)17(14)19/h4-10H,11H2,1-3H3,(H,21,26)/b20-10-. The molecule has 3 aromatic rings. The molecular weight excluding hydrogens is 351 g/mol. The monoisotopic (exact) mass is 370 g/mol. The van der Waals surface area contributed by atoms with Crippen molar-refractivity contribution >= 4 is 12.1 Å². The molecule has 0 aliphatic rings. The SMILES string of the molecule is Cc1ccccc1OCn1ccc(C(=O)N/N=C\c2c(C)nn(C)c2F)n1. The van der Waals surface area contributed by atoms with Crippen LogP contribution in [-0.4, -0.2) is 31.7 Å². The summed E-state index contributed by atoms with van der Waals surface area (Å²) in [7, 11) is 1.49. The van der Waals surface area contributed by atoms with E-state index < -0.39 is 11.9 Å². The van der Waals surface area contributed by atoms with Gasteiger partial charge in [0.15, 0.2) is 12.4 Å². The minimum Gasteiger partial charge on any atom is -0.471 e. The summed E-state index contributed by atoms with van der Waals surface area (Å²) in [6, 6.07) is 9.16. The number of aryl methyl sites for hydroxylation is 3. The Morgan fingerprint density at radius 3 is 2.78 bits per heavy atom. The van der Waals surface area contributed by atoms with Crippen molar-refractivity contribution in [2.75, 3.05) is 0 Å². The van der Waals surface area contributed by atoms with Gasteiger partial charge in [0, 0.05) is 13.2 Å². The van der Waals surface area contributed by atoms with E-state index in [1.165, 1.54) is 17.9 Å². The van der Waals surface area contributed by atoms with Gasteiger partial charge >= 0.3 is 0 Å². The van der Waals surface area contributed by atoms with Crippen molar-refractivity contribution in [3.8, 4) is 5.75 Å². The van der Waals surface area contributed by atoms with Crippen LogP contribution in [0.4, 0.5) is 4.39 Å². The lowest BCUT2D eigenvalue weighted by Crippen LogP contribution is -2.19. The number of para-hydroxylation sites is 1. The molecule has 140 valence electrons. The second-order valence-corrected chi connectivity index (χ2v) is 5.89. The van der Waals surface area contributed by atoms with Crippen LogP contribution in [0.3, 0.4) is 0 Å². The van der Waals surface area contributed by atoms with Crippen LogP contribution in [-0.2, 0) is 13.8 Å². The van der Waals surface area contributed by atoms with Crippen molar-refractivity contribution in [3.63, 3.8) is 0 Å². The first-order chi connectivity index (χ1) is 13.0. The van der Waals surface area contributed by atoms with Crippen LogP contribution in [0.1, 0.15) is 27.3 Å². The Hall–Kier alpha value is -3.49.